The van der Waals surface area contributed by atoms with Crippen LogP contribution in [0.2, 0.25) is 0 Å². The molecule has 1 saturated heterocycles. The van der Waals surface area contributed by atoms with Gasteiger partial charge in [-0.3, -0.25) is 9.89 Å². The maximum Gasteiger partial charge on any atom is 0.0271 e. The van der Waals surface area contributed by atoms with Crippen LogP contribution in [-0.4, -0.2) is 43.3 Å². The first-order valence-electron chi connectivity index (χ1n) is 6.78. The predicted molar refractivity (Wildman–Crippen MR) is 75.6 cm³/mol. The number of hydrogen-bond donors (Lipinski definition) is 1. The first kappa shape index (κ1) is 14.4. The molecule has 1 aliphatic rings. The number of hydrogen-bond acceptors (Lipinski definition) is 3. The van der Waals surface area contributed by atoms with Crippen LogP contribution in [0.4, 0.5) is 0 Å². The Hall–Kier alpha value is -0.670. The van der Waals surface area contributed by atoms with E-state index in [1.165, 1.54) is 11.3 Å². The van der Waals surface area contributed by atoms with Crippen LogP contribution in [0.1, 0.15) is 34.1 Å². The molecule has 0 bridgehead atoms. The second-order valence-corrected chi connectivity index (χ2v) is 5.09. The highest BCUT2D eigenvalue weighted by Gasteiger charge is 2.10. The largest absolute Gasteiger partial charge is 0.314 e. The van der Waals surface area contributed by atoms with Gasteiger partial charge in [-0.15, -0.1) is 0 Å². The summed E-state index contributed by atoms with van der Waals surface area (Å²) in [5.41, 5.74) is 2.66. The van der Waals surface area contributed by atoms with Crippen molar-refractivity contribution in [2.45, 2.75) is 34.1 Å². The Morgan fingerprint density at radius 3 is 2.53 bits per heavy atom. The fraction of sp³-hybridized carbons (Fsp3) is 0.786. The fourth-order valence-electron chi connectivity index (χ4n) is 1.74. The number of nitrogens with one attached hydrogen (secondary N) is 1. The van der Waals surface area contributed by atoms with E-state index in [0.29, 0.717) is 5.92 Å². The molecule has 1 aliphatic heterocycles. The summed E-state index contributed by atoms with van der Waals surface area (Å²) in [4.78, 5) is 7.08. The zero-order chi connectivity index (χ0) is 12.7. The fourth-order valence-corrected chi connectivity index (χ4v) is 1.74. The Kier molecular flexibility index (Phi) is 6.45. The summed E-state index contributed by atoms with van der Waals surface area (Å²) in [7, 11) is 0. The number of aliphatic imine (C=N–C) groups is 1. The molecule has 0 saturated carbocycles. The average molecular weight is 237 g/mol. The maximum atomic E-state index is 4.57. The van der Waals surface area contributed by atoms with E-state index in [1.54, 1.807) is 0 Å². The SMILES string of the molecule is CC/C(=C\N=C(C)C(C)C)CN1CCNCC1. The summed E-state index contributed by atoms with van der Waals surface area (Å²) < 4.78 is 0. The van der Waals surface area contributed by atoms with Crippen LogP contribution in [-0.2, 0) is 0 Å². The van der Waals surface area contributed by atoms with Gasteiger partial charge in [-0.2, -0.15) is 0 Å². The van der Waals surface area contributed by atoms with Crippen molar-refractivity contribution in [1.29, 1.82) is 0 Å². The summed E-state index contributed by atoms with van der Waals surface area (Å²) in [6.45, 7) is 14.3. The molecule has 0 aromatic heterocycles. The Morgan fingerprint density at radius 2 is 2.00 bits per heavy atom. The molecule has 0 aromatic rings. The standard InChI is InChI=1S/C14H27N3/c1-5-14(10-16-13(4)12(2)3)11-17-8-6-15-7-9-17/h10,12,15H,5-9,11H2,1-4H3/b14-10+,16-13?. The van der Waals surface area contributed by atoms with Gasteiger partial charge in [-0.25, -0.2) is 0 Å². The van der Waals surface area contributed by atoms with E-state index in [2.05, 4.69) is 49.1 Å². The van der Waals surface area contributed by atoms with E-state index < -0.39 is 0 Å². The van der Waals surface area contributed by atoms with Gasteiger partial charge in [0.05, 0.1) is 0 Å². The van der Waals surface area contributed by atoms with E-state index in [0.717, 1.165) is 39.1 Å². The van der Waals surface area contributed by atoms with E-state index in [9.17, 15) is 0 Å². The predicted octanol–water partition coefficient (Wildman–Crippen LogP) is 2.30. The van der Waals surface area contributed by atoms with Crippen LogP contribution in [0.15, 0.2) is 16.8 Å². The molecule has 1 rings (SSSR count). The minimum atomic E-state index is 0.545. The van der Waals surface area contributed by atoms with Crippen molar-refractivity contribution >= 4 is 5.71 Å². The molecule has 3 nitrogen and oxygen atoms in total. The van der Waals surface area contributed by atoms with Gasteiger partial charge in [0, 0.05) is 44.6 Å². The number of piperazine rings is 1. The van der Waals surface area contributed by atoms with Crippen LogP contribution < -0.4 is 5.32 Å². The normalized spacial score (nSPS) is 20.1. The average Bonchev–Trinajstić information content (AvgIpc) is 2.35. The molecular weight excluding hydrogens is 210 g/mol. The molecule has 0 amide bonds. The molecule has 0 radical (unpaired) electrons. The summed E-state index contributed by atoms with van der Waals surface area (Å²) in [5.74, 6) is 0.545. The highest BCUT2D eigenvalue weighted by atomic mass is 15.2. The van der Waals surface area contributed by atoms with Crippen molar-refractivity contribution in [3.63, 3.8) is 0 Å². The van der Waals surface area contributed by atoms with E-state index >= 15 is 0 Å². The van der Waals surface area contributed by atoms with E-state index in [4.69, 9.17) is 0 Å². The molecule has 3 heteroatoms. The third-order valence-electron chi connectivity index (χ3n) is 3.38. The maximum absolute atomic E-state index is 4.57. The van der Waals surface area contributed by atoms with Gasteiger partial charge in [0.25, 0.3) is 0 Å². The second-order valence-electron chi connectivity index (χ2n) is 5.09. The first-order valence-corrected chi connectivity index (χ1v) is 6.78. The molecule has 17 heavy (non-hydrogen) atoms. The van der Waals surface area contributed by atoms with Gasteiger partial charge < -0.3 is 5.32 Å². The van der Waals surface area contributed by atoms with Crippen LogP contribution in [0, 0.1) is 5.92 Å². The molecule has 1 N–H and O–H groups in total. The minimum Gasteiger partial charge on any atom is -0.314 e. The Bertz CT molecular complexity index is 273. The summed E-state index contributed by atoms with van der Waals surface area (Å²) in [5, 5.41) is 3.38. The molecule has 0 aliphatic carbocycles. The van der Waals surface area contributed by atoms with Crippen LogP contribution in [0.25, 0.3) is 0 Å². The molecule has 0 unspecified atom stereocenters. The lowest BCUT2D eigenvalue weighted by atomic mass is 10.1. The Labute approximate surface area is 106 Å². The second kappa shape index (κ2) is 7.62. The lowest BCUT2D eigenvalue weighted by Gasteiger charge is -2.27. The van der Waals surface area contributed by atoms with Crippen molar-refractivity contribution in [3.05, 3.63) is 11.8 Å². The number of nitrogens with zero attached hydrogens (tertiary/aromatic N) is 2. The summed E-state index contributed by atoms with van der Waals surface area (Å²) in [6.07, 6.45) is 3.18. The summed E-state index contributed by atoms with van der Waals surface area (Å²) in [6, 6.07) is 0. The topological polar surface area (TPSA) is 27.6 Å². The first-order chi connectivity index (χ1) is 8.13. The Balaban J connectivity index is 2.51. The molecule has 0 atom stereocenters. The molecular formula is C14H27N3. The van der Waals surface area contributed by atoms with Crippen LogP contribution in [0.5, 0.6) is 0 Å². The third-order valence-corrected chi connectivity index (χ3v) is 3.38. The van der Waals surface area contributed by atoms with Crippen molar-refractivity contribution < 1.29 is 0 Å². The van der Waals surface area contributed by atoms with Gasteiger partial charge in [0.15, 0.2) is 0 Å². The number of rotatable bonds is 5. The zero-order valence-electron chi connectivity index (χ0n) is 11.8. The van der Waals surface area contributed by atoms with Gasteiger partial charge in [-0.1, -0.05) is 20.8 Å². The van der Waals surface area contributed by atoms with Crippen LogP contribution >= 0.6 is 0 Å². The minimum absolute atomic E-state index is 0.545. The molecule has 1 fully saturated rings. The van der Waals surface area contributed by atoms with Gasteiger partial charge in [-0.05, 0) is 24.8 Å². The highest BCUT2D eigenvalue weighted by Crippen LogP contribution is 2.07. The zero-order valence-corrected chi connectivity index (χ0v) is 11.8. The third kappa shape index (κ3) is 5.46. The smallest absolute Gasteiger partial charge is 0.0271 e. The molecule has 0 spiro atoms. The quantitative estimate of drug-likeness (QED) is 0.743. The van der Waals surface area contributed by atoms with Crippen molar-refractivity contribution in [2.24, 2.45) is 10.9 Å². The van der Waals surface area contributed by atoms with Gasteiger partial charge >= 0.3 is 0 Å². The van der Waals surface area contributed by atoms with Gasteiger partial charge in [0.2, 0.25) is 0 Å². The lowest BCUT2D eigenvalue weighted by molar-refractivity contribution is 0.258. The van der Waals surface area contributed by atoms with Crippen molar-refractivity contribution in [2.75, 3.05) is 32.7 Å². The molecule has 0 aromatic carbocycles. The van der Waals surface area contributed by atoms with Gasteiger partial charge in [0.1, 0.15) is 0 Å². The molecule has 98 valence electrons. The highest BCUT2D eigenvalue weighted by molar-refractivity contribution is 5.84. The van der Waals surface area contributed by atoms with Crippen molar-refractivity contribution in [3.8, 4) is 0 Å². The summed E-state index contributed by atoms with van der Waals surface area (Å²) >= 11 is 0. The van der Waals surface area contributed by atoms with E-state index in [1.807, 2.05) is 0 Å². The van der Waals surface area contributed by atoms with Crippen LogP contribution in [0.3, 0.4) is 0 Å². The monoisotopic (exact) mass is 237 g/mol. The van der Waals surface area contributed by atoms with E-state index in [-0.39, 0.29) is 0 Å². The lowest BCUT2D eigenvalue weighted by Crippen LogP contribution is -2.44. The van der Waals surface area contributed by atoms with Crippen molar-refractivity contribution in [1.82, 2.24) is 10.2 Å². The Morgan fingerprint density at radius 1 is 1.35 bits per heavy atom. The molecule has 1 heterocycles.